The van der Waals surface area contributed by atoms with Crippen molar-refractivity contribution in [3.63, 3.8) is 0 Å². The van der Waals surface area contributed by atoms with Gasteiger partial charge in [-0.25, -0.2) is 9.66 Å². The van der Waals surface area contributed by atoms with Gasteiger partial charge in [0.2, 0.25) is 5.95 Å². The molecule has 0 aliphatic heterocycles. The van der Waals surface area contributed by atoms with Gasteiger partial charge < -0.3 is 5.73 Å². The predicted molar refractivity (Wildman–Crippen MR) is 60.7 cm³/mol. The van der Waals surface area contributed by atoms with Gasteiger partial charge in [0.05, 0.1) is 22.9 Å². The van der Waals surface area contributed by atoms with Gasteiger partial charge in [-0.1, -0.05) is 0 Å². The Labute approximate surface area is 92.4 Å². The van der Waals surface area contributed by atoms with Gasteiger partial charge in [0.25, 0.3) is 5.56 Å². The first-order chi connectivity index (χ1) is 6.59. The fourth-order valence-electron chi connectivity index (χ4n) is 1.12. The number of anilines is 1. The number of rotatable bonds is 1. The molecule has 0 radical (unpaired) electrons. The fraction of sp³-hybridized carbons (Fsp3) is 0.167. The van der Waals surface area contributed by atoms with Crippen LogP contribution >= 0.6 is 22.9 Å². The molecular weight excluding hydrogens is 299 g/mol. The summed E-state index contributed by atoms with van der Waals surface area (Å²) in [6, 6.07) is 0. The molecular formula is C6H7IN6O. The van der Waals surface area contributed by atoms with E-state index in [-0.39, 0.29) is 17.0 Å². The van der Waals surface area contributed by atoms with Gasteiger partial charge in [0, 0.05) is 7.05 Å². The molecule has 2 rings (SSSR count). The second kappa shape index (κ2) is 3.12. The molecule has 0 fully saturated rings. The molecule has 74 valence electrons. The Balaban J connectivity index is 2.85. The quantitative estimate of drug-likeness (QED) is 0.553. The topological polar surface area (TPSA) is 92.8 Å². The van der Waals surface area contributed by atoms with Crippen LogP contribution in [0.4, 0.5) is 5.95 Å². The number of aromatic nitrogens is 4. The first kappa shape index (κ1) is 9.24. The van der Waals surface area contributed by atoms with Crippen molar-refractivity contribution in [1.82, 2.24) is 19.6 Å². The van der Waals surface area contributed by atoms with E-state index in [0.717, 1.165) is 0 Å². The van der Waals surface area contributed by atoms with Crippen molar-refractivity contribution in [2.45, 2.75) is 0 Å². The summed E-state index contributed by atoms with van der Waals surface area (Å²) in [6.45, 7) is 0. The van der Waals surface area contributed by atoms with Crippen molar-refractivity contribution in [3.8, 4) is 0 Å². The third kappa shape index (κ3) is 1.31. The molecule has 0 saturated carbocycles. The number of nitrogen functional groups attached to an aromatic ring is 1. The third-order valence-electron chi connectivity index (χ3n) is 1.70. The summed E-state index contributed by atoms with van der Waals surface area (Å²) >= 11 is 2.04. The molecule has 14 heavy (non-hydrogen) atoms. The van der Waals surface area contributed by atoms with Crippen molar-refractivity contribution >= 4 is 40.0 Å². The highest BCUT2D eigenvalue weighted by Gasteiger charge is 2.10. The van der Waals surface area contributed by atoms with Crippen molar-refractivity contribution in [3.05, 3.63) is 16.7 Å². The first-order valence-corrected chi connectivity index (χ1v) is 4.68. The minimum absolute atomic E-state index is 0.0856. The molecule has 0 unspecified atom stereocenters. The number of aromatic amines is 1. The molecule has 2 heterocycles. The number of halogens is 1. The fourth-order valence-corrected chi connectivity index (χ4v) is 1.43. The molecule has 3 N–H and O–H groups in total. The first-order valence-electron chi connectivity index (χ1n) is 3.72. The summed E-state index contributed by atoms with van der Waals surface area (Å²) in [4.78, 5) is 21.7. The zero-order valence-corrected chi connectivity index (χ0v) is 9.39. The van der Waals surface area contributed by atoms with E-state index in [1.807, 2.05) is 22.9 Å². The van der Waals surface area contributed by atoms with Crippen LogP contribution in [0.25, 0.3) is 11.2 Å². The highest BCUT2D eigenvalue weighted by Crippen LogP contribution is 2.07. The summed E-state index contributed by atoms with van der Waals surface area (Å²) in [5, 5.41) is 0. The largest absolute Gasteiger partial charge is 0.369 e. The van der Waals surface area contributed by atoms with E-state index < -0.39 is 0 Å². The van der Waals surface area contributed by atoms with Crippen LogP contribution < -0.4 is 14.5 Å². The molecule has 8 heteroatoms. The minimum Gasteiger partial charge on any atom is -0.369 e. The van der Waals surface area contributed by atoms with Crippen LogP contribution in [0.5, 0.6) is 0 Å². The number of nitrogens with two attached hydrogens (primary N) is 1. The van der Waals surface area contributed by atoms with Gasteiger partial charge in [-0.2, -0.15) is 4.98 Å². The van der Waals surface area contributed by atoms with Crippen molar-refractivity contribution in [2.75, 3.05) is 16.0 Å². The molecule has 0 spiro atoms. The molecule has 0 aliphatic rings. The Hall–Kier alpha value is -1.32. The smallest absolute Gasteiger partial charge is 0.280 e. The van der Waals surface area contributed by atoms with Crippen molar-refractivity contribution < 1.29 is 0 Å². The highest BCUT2D eigenvalue weighted by molar-refractivity contribution is 14.1. The number of fused-ring (bicyclic) bond motifs is 1. The zero-order valence-electron chi connectivity index (χ0n) is 7.23. The van der Waals surface area contributed by atoms with Crippen LogP contribution in [-0.4, -0.2) is 26.7 Å². The summed E-state index contributed by atoms with van der Waals surface area (Å²) in [5.74, 6) is 0.0856. The average Bonchev–Trinajstić information content (AvgIpc) is 2.47. The molecule has 0 atom stereocenters. The van der Waals surface area contributed by atoms with Crippen LogP contribution in [0, 0.1) is 0 Å². The molecule has 0 saturated heterocycles. The number of imidazole rings is 1. The van der Waals surface area contributed by atoms with E-state index in [1.165, 1.54) is 6.33 Å². The molecule has 0 aliphatic carbocycles. The van der Waals surface area contributed by atoms with E-state index in [2.05, 4.69) is 15.0 Å². The number of hydrogen-bond donors (Lipinski definition) is 2. The summed E-state index contributed by atoms with van der Waals surface area (Å²) in [6.07, 6.45) is 1.51. The van der Waals surface area contributed by atoms with Crippen molar-refractivity contribution in [1.29, 1.82) is 0 Å². The molecule has 7 nitrogen and oxygen atoms in total. The minimum atomic E-state index is -0.329. The predicted octanol–water partition coefficient (Wildman–Crippen LogP) is -0.380. The lowest BCUT2D eigenvalue weighted by Crippen LogP contribution is -2.19. The van der Waals surface area contributed by atoms with Crippen LogP contribution in [0.2, 0.25) is 0 Å². The average molecular weight is 306 g/mol. The zero-order chi connectivity index (χ0) is 10.3. The molecule has 2 aromatic rings. The Kier molecular flexibility index (Phi) is 2.06. The van der Waals surface area contributed by atoms with Gasteiger partial charge in [-0.05, 0) is 0 Å². The van der Waals surface area contributed by atoms with Crippen molar-refractivity contribution in [2.24, 2.45) is 0 Å². The lowest BCUT2D eigenvalue weighted by molar-refractivity contribution is 0.876. The Morgan fingerprint density at radius 2 is 2.43 bits per heavy atom. The highest BCUT2D eigenvalue weighted by atomic mass is 127. The van der Waals surface area contributed by atoms with E-state index in [9.17, 15) is 4.79 Å². The van der Waals surface area contributed by atoms with Crippen LogP contribution in [0.1, 0.15) is 0 Å². The summed E-state index contributed by atoms with van der Waals surface area (Å²) < 4.78 is 3.35. The number of nitrogens with one attached hydrogen (secondary N) is 1. The molecule has 2 aromatic heterocycles. The molecule has 0 amide bonds. The van der Waals surface area contributed by atoms with Gasteiger partial charge >= 0.3 is 0 Å². The Morgan fingerprint density at radius 1 is 1.71 bits per heavy atom. The van der Waals surface area contributed by atoms with Crippen LogP contribution in [0.3, 0.4) is 0 Å². The monoisotopic (exact) mass is 306 g/mol. The van der Waals surface area contributed by atoms with Crippen LogP contribution in [0.15, 0.2) is 11.1 Å². The van der Waals surface area contributed by atoms with E-state index >= 15 is 0 Å². The number of hydrogen-bond acceptors (Lipinski definition) is 5. The normalized spacial score (nSPS) is 10.7. The van der Waals surface area contributed by atoms with E-state index in [0.29, 0.717) is 5.65 Å². The van der Waals surface area contributed by atoms with E-state index in [1.54, 1.807) is 14.9 Å². The maximum atomic E-state index is 11.4. The maximum absolute atomic E-state index is 11.4. The SMILES string of the molecule is CN(I)n1cnc2c(=O)[nH]c(N)nc21. The Bertz CT molecular complexity index is 529. The maximum Gasteiger partial charge on any atom is 0.280 e. The molecule has 0 aromatic carbocycles. The summed E-state index contributed by atoms with van der Waals surface area (Å²) in [5.41, 5.74) is 5.82. The lowest BCUT2D eigenvalue weighted by Gasteiger charge is -2.10. The second-order valence-electron chi connectivity index (χ2n) is 2.66. The van der Waals surface area contributed by atoms with Crippen LogP contribution in [-0.2, 0) is 0 Å². The summed E-state index contributed by atoms with van der Waals surface area (Å²) in [7, 11) is 1.81. The molecule has 0 bridgehead atoms. The Morgan fingerprint density at radius 3 is 3.07 bits per heavy atom. The van der Waals surface area contributed by atoms with Gasteiger partial charge in [-0.15, -0.1) is 0 Å². The van der Waals surface area contributed by atoms with Gasteiger partial charge in [-0.3, -0.25) is 13.0 Å². The lowest BCUT2D eigenvalue weighted by atomic mass is 10.5. The third-order valence-corrected chi connectivity index (χ3v) is 2.17. The number of nitrogens with zero attached hydrogens (tertiary/aromatic N) is 4. The standard InChI is InChI=1S/C6H7IN6O/c1-12(7)13-2-9-3-4(13)10-6(8)11-5(3)14/h2H,1H3,(H3,8,10,11,14). The van der Waals surface area contributed by atoms with Gasteiger partial charge in [0.1, 0.15) is 6.33 Å². The number of H-pyrrole nitrogens is 1. The second-order valence-corrected chi connectivity index (χ2v) is 4.05. The van der Waals surface area contributed by atoms with E-state index in [4.69, 9.17) is 5.73 Å². The van der Waals surface area contributed by atoms with Gasteiger partial charge in [0.15, 0.2) is 11.2 Å².